The lowest BCUT2D eigenvalue weighted by Gasteiger charge is -2.36. The van der Waals surface area contributed by atoms with Crippen molar-refractivity contribution in [3.05, 3.63) is 84.4 Å². The van der Waals surface area contributed by atoms with Gasteiger partial charge in [-0.05, 0) is 41.5 Å². The number of benzene rings is 2. The first-order chi connectivity index (χ1) is 15.7. The van der Waals surface area contributed by atoms with E-state index in [4.69, 9.17) is 9.72 Å². The Morgan fingerprint density at radius 1 is 0.906 bits per heavy atom. The highest BCUT2D eigenvalue weighted by atomic mass is 19.1. The molecule has 162 valence electrons. The molecule has 0 bridgehead atoms. The summed E-state index contributed by atoms with van der Waals surface area (Å²) in [6, 6.07) is 19.0. The monoisotopic (exact) mass is 428 g/mol. The van der Waals surface area contributed by atoms with Gasteiger partial charge >= 0.3 is 0 Å². The van der Waals surface area contributed by atoms with Gasteiger partial charge in [0.25, 0.3) is 0 Å². The Labute approximate surface area is 187 Å². The normalized spacial score (nSPS) is 14.6. The quantitative estimate of drug-likeness (QED) is 0.458. The Kier molecular flexibility index (Phi) is 5.69. The van der Waals surface area contributed by atoms with Crippen LogP contribution < -0.4 is 9.64 Å². The Balaban J connectivity index is 1.27. The summed E-state index contributed by atoms with van der Waals surface area (Å²) in [4.78, 5) is 13.9. The lowest BCUT2D eigenvalue weighted by molar-refractivity contribution is 0.250. The molecular weight excluding hydrogens is 403 g/mol. The van der Waals surface area contributed by atoms with E-state index < -0.39 is 0 Å². The van der Waals surface area contributed by atoms with E-state index in [0.717, 1.165) is 66.0 Å². The Morgan fingerprint density at radius 2 is 1.72 bits per heavy atom. The highest BCUT2D eigenvalue weighted by Gasteiger charge is 2.20. The molecule has 0 atom stereocenters. The summed E-state index contributed by atoms with van der Waals surface area (Å²) in [6.07, 6.45) is 3.75. The number of fused-ring (bicyclic) bond motifs is 1. The zero-order valence-corrected chi connectivity index (χ0v) is 18.0. The first-order valence-corrected chi connectivity index (χ1v) is 10.8. The second kappa shape index (κ2) is 8.93. The molecule has 6 heteroatoms. The molecule has 32 heavy (non-hydrogen) atoms. The molecule has 3 heterocycles. The first-order valence-electron chi connectivity index (χ1n) is 10.8. The minimum absolute atomic E-state index is 0.226. The summed E-state index contributed by atoms with van der Waals surface area (Å²) in [7, 11) is 1.65. The molecule has 0 saturated carbocycles. The van der Waals surface area contributed by atoms with Crippen LogP contribution in [0.5, 0.6) is 5.88 Å². The van der Waals surface area contributed by atoms with Gasteiger partial charge in [0.2, 0.25) is 5.88 Å². The average Bonchev–Trinajstić information content (AvgIpc) is 2.84. The zero-order chi connectivity index (χ0) is 21.9. The van der Waals surface area contributed by atoms with Crippen molar-refractivity contribution in [1.29, 1.82) is 0 Å². The van der Waals surface area contributed by atoms with Gasteiger partial charge in [-0.2, -0.15) is 0 Å². The number of rotatable bonds is 5. The number of para-hydroxylation sites is 1. The summed E-state index contributed by atoms with van der Waals surface area (Å²) in [5, 5.41) is 1.12. The Morgan fingerprint density at radius 3 is 2.50 bits per heavy atom. The van der Waals surface area contributed by atoms with Gasteiger partial charge in [-0.1, -0.05) is 24.3 Å². The highest BCUT2D eigenvalue weighted by molar-refractivity contribution is 5.91. The topological polar surface area (TPSA) is 41.5 Å². The summed E-state index contributed by atoms with van der Waals surface area (Å²) in [5.41, 5.74) is 5.29. The van der Waals surface area contributed by atoms with Crippen molar-refractivity contribution in [2.24, 2.45) is 0 Å². The molecule has 1 fully saturated rings. The molecule has 0 radical (unpaired) electrons. The van der Waals surface area contributed by atoms with E-state index in [9.17, 15) is 4.39 Å². The molecule has 2 aromatic carbocycles. The second-order valence-electron chi connectivity index (χ2n) is 8.05. The van der Waals surface area contributed by atoms with E-state index in [0.29, 0.717) is 5.88 Å². The zero-order valence-electron chi connectivity index (χ0n) is 18.0. The molecule has 5 rings (SSSR count). The van der Waals surface area contributed by atoms with Gasteiger partial charge in [0.1, 0.15) is 5.82 Å². The molecule has 0 amide bonds. The van der Waals surface area contributed by atoms with Crippen molar-refractivity contribution >= 4 is 16.6 Å². The molecule has 0 spiro atoms. The van der Waals surface area contributed by atoms with Crippen LogP contribution in [0.1, 0.15) is 5.56 Å². The molecule has 2 aromatic heterocycles. The van der Waals surface area contributed by atoms with Gasteiger partial charge in [0.05, 0.1) is 18.3 Å². The van der Waals surface area contributed by atoms with Gasteiger partial charge in [-0.15, -0.1) is 0 Å². The molecule has 0 unspecified atom stereocenters. The van der Waals surface area contributed by atoms with Gasteiger partial charge in [-0.25, -0.2) is 9.37 Å². The highest BCUT2D eigenvalue weighted by Crippen LogP contribution is 2.28. The van der Waals surface area contributed by atoms with Gasteiger partial charge < -0.3 is 9.64 Å². The fourth-order valence-electron chi connectivity index (χ4n) is 4.26. The fourth-order valence-corrected chi connectivity index (χ4v) is 4.26. The predicted octanol–water partition coefficient (Wildman–Crippen LogP) is 4.77. The van der Waals surface area contributed by atoms with Gasteiger partial charge in [0.15, 0.2) is 0 Å². The number of piperazine rings is 1. The third-order valence-electron chi connectivity index (χ3n) is 5.97. The number of aromatic nitrogens is 2. The molecule has 1 saturated heterocycles. The summed E-state index contributed by atoms with van der Waals surface area (Å²) in [5.74, 6) is 0.410. The van der Waals surface area contributed by atoms with Crippen LogP contribution in [0, 0.1) is 5.82 Å². The molecule has 5 nitrogen and oxygen atoms in total. The van der Waals surface area contributed by atoms with Crippen molar-refractivity contribution in [3.8, 4) is 17.0 Å². The number of ether oxygens (including phenoxy) is 1. The van der Waals surface area contributed by atoms with E-state index in [2.05, 4.69) is 45.1 Å². The summed E-state index contributed by atoms with van der Waals surface area (Å²) < 4.78 is 18.6. The fraction of sp³-hybridized carbons (Fsp3) is 0.231. The van der Waals surface area contributed by atoms with Crippen molar-refractivity contribution in [3.63, 3.8) is 0 Å². The lowest BCUT2D eigenvalue weighted by atomic mass is 10.1. The van der Waals surface area contributed by atoms with E-state index in [-0.39, 0.29) is 5.82 Å². The number of methoxy groups -OCH3 is 1. The third kappa shape index (κ3) is 4.27. The Hall–Kier alpha value is -3.51. The molecule has 1 aliphatic rings. The second-order valence-corrected chi connectivity index (χ2v) is 8.05. The van der Waals surface area contributed by atoms with E-state index in [1.807, 2.05) is 18.5 Å². The molecule has 4 aromatic rings. The smallest absolute Gasteiger partial charge is 0.213 e. The van der Waals surface area contributed by atoms with Crippen molar-refractivity contribution in [2.75, 3.05) is 38.2 Å². The lowest BCUT2D eigenvalue weighted by Crippen LogP contribution is -2.46. The minimum Gasteiger partial charge on any atom is -0.481 e. The standard InChI is InChI=1S/C26H25FN4O/c1-32-25-10-7-21-3-2-4-24(26(21)29-25)31-13-11-30(12-14-31)18-19-15-22(17-28-16-19)20-5-8-23(27)9-6-20/h2-10,15-17H,11-14,18H2,1H3. The number of nitrogens with zero attached hydrogens (tertiary/aromatic N) is 4. The maximum Gasteiger partial charge on any atom is 0.213 e. The van der Waals surface area contributed by atoms with E-state index >= 15 is 0 Å². The van der Waals surface area contributed by atoms with Crippen LogP contribution in [0.15, 0.2) is 73.1 Å². The molecule has 0 N–H and O–H groups in total. The van der Waals surface area contributed by atoms with Crippen molar-refractivity contribution in [2.45, 2.75) is 6.54 Å². The predicted molar refractivity (Wildman–Crippen MR) is 125 cm³/mol. The molecule has 0 aliphatic carbocycles. The van der Waals surface area contributed by atoms with Crippen LogP contribution in [-0.2, 0) is 6.54 Å². The number of anilines is 1. The first kappa shape index (κ1) is 20.4. The SMILES string of the molecule is COc1ccc2cccc(N3CCN(Cc4cncc(-c5ccc(F)cc5)c4)CC3)c2n1. The van der Waals surface area contributed by atoms with E-state index in [1.54, 1.807) is 19.2 Å². The summed E-state index contributed by atoms with van der Waals surface area (Å²) in [6.45, 7) is 4.63. The number of pyridine rings is 2. The van der Waals surface area contributed by atoms with Crippen molar-refractivity contribution in [1.82, 2.24) is 14.9 Å². The number of hydrogen-bond donors (Lipinski definition) is 0. The molecular formula is C26H25FN4O. The third-order valence-corrected chi connectivity index (χ3v) is 5.97. The largest absolute Gasteiger partial charge is 0.481 e. The van der Waals surface area contributed by atoms with Gasteiger partial charge in [0, 0.05) is 62.1 Å². The van der Waals surface area contributed by atoms with E-state index in [1.165, 1.54) is 12.1 Å². The van der Waals surface area contributed by atoms with Gasteiger partial charge in [-0.3, -0.25) is 9.88 Å². The van der Waals surface area contributed by atoms with Crippen LogP contribution in [0.4, 0.5) is 10.1 Å². The molecule has 1 aliphatic heterocycles. The maximum atomic E-state index is 13.2. The minimum atomic E-state index is -0.226. The van der Waals surface area contributed by atoms with Crippen LogP contribution in [0.3, 0.4) is 0 Å². The average molecular weight is 429 g/mol. The maximum absolute atomic E-state index is 13.2. The van der Waals surface area contributed by atoms with Crippen molar-refractivity contribution < 1.29 is 9.13 Å². The Bertz CT molecular complexity index is 1220. The van der Waals surface area contributed by atoms with Crippen LogP contribution >= 0.6 is 0 Å². The summed E-state index contributed by atoms with van der Waals surface area (Å²) >= 11 is 0. The number of halogens is 1. The van der Waals surface area contributed by atoms with Crippen LogP contribution in [0.25, 0.3) is 22.0 Å². The van der Waals surface area contributed by atoms with Crippen LogP contribution in [0.2, 0.25) is 0 Å². The van der Waals surface area contributed by atoms with Crippen LogP contribution in [-0.4, -0.2) is 48.2 Å². The number of hydrogen-bond acceptors (Lipinski definition) is 5.